The number of H-pyrrole nitrogens is 1. The second-order valence-electron chi connectivity index (χ2n) is 6.79. The molecule has 0 spiro atoms. The standard InChI is InChI=1S/C22H24N4O4/c1-14-11-16(5-8-20(14)27)19-12-18(25-22(29)26-19)15-3-6-17(7-4-15)30-13-21(28)24-10-2-9-23/h3-8,11-12,27H,2,9-10,13,23H2,1H3,(H,24,28)(H,25,26,29). The zero-order valence-corrected chi connectivity index (χ0v) is 16.6. The summed E-state index contributed by atoms with van der Waals surface area (Å²) in [5.74, 6) is 0.519. The second-order valence-corrected chi connectivity index (χ2v) is 6.79. The van der Waals surface area contributed by atoms with Crippen molar-refractivity contribution in [1.29, 1.82) is 0 Å². The van der Waals surface area contributed by atoms with E-state index >= 15 is 0 Å². The molecule has 0 saturated carbocycles. The number of aryl methyl sites for hydroxylation is 1. The Morgan fingerprint density at radius 1 is 1.17 bits per heavy atom. The summed E-state index contributed by atoms with van der Waals surface area (Å²) in [4.78, 5) is 30.5. The molecule has 2 aromatic carbocycles. The van der Waals surface area contributed by atoms with Crippen LogP contribution in [0.25, 0.3) is 22.5 Å². The quantitative estimate of drug-likeness (QED) is 0.422. The molecule has 1 heterocycles. The molecule has 3 rings (SSSR count). The summed E-state index contributed by atoms with van der Waals surface area (Å²) in [6.07, 6.45) is 0.719. The molecule has 30 heavy (non-hydrogen) atoms. The Balaban J connectivity index is 1.73. The molecule has 0 atom stereocenters. The number of ether oxygens (including phenoxy) is 1. The third-order valence-corrected chi connectivity index (χ3v) is 4.48. The van der Waals surface area contributed by atoms with Crippen LogP contribution in [0.3, 0.4) is 0 Å². The largest absolute Gasteiger partial charge is 0.508 e. The predicted molar refractivity (Wildman–Crippen MR) is 114 cm³/mol. The fourth-order valence-electron chi connectivity index (χ4n) is 2.84. The van der Waals surface area contributed by atoms with Crippen molar-refractivity contribution in [1.82, 2.24) is 15.3 Å². The number of nitrogens with two attached hydrogens (primary N) is 1. The molecule has 0 aliphatic heterocycles. The normalized spacial score (nSPS) is 10.6. The number of benzene rings is 2. The minimum absolute atomic E-state index is 0.0830. The molecule has 0 aliphatic carbocycles. The zero-order valence-electron chi connectivity index (χ0n) is 16.6. The highest BCUT2D eigenvalue weighted by Crippen LogP contribution is 2.26. The molecule has 0 aliphatic rings. The molecule has 0 bridgehead atoms. The predicted octanol–water partition coefficient (Wildman–Crippen LogP) is 1.96. The Kier molecular flexibility index (Phi) is 6.82. The number of rotatable bonds is 8. The number of phenolic OH excluding ortho intramolecular Hbond substituents is 1. The van der Waals surface area contributed by atoms with E-state index in [0.717, 1.165) is 17.5 Å². The topological polar surface area (TPSA) is 130 Å². The molecule has 1 aromatic heterocycles. The second kappa shape index (κ2) is 9.71. The van der Waals surface area contributed by atoms with Gasteiger partial charge in [0.25, 0.3) is 5.91 Å². The summed E-state index contributed by atoms with van der Waals surface area (Å²) in [5, 5.41) is 12.4. The first-order valence-corrected chi connectivity index (χ1v) is 9.57. The van der Waals surface area contributed by atoms with Crippen molar-refractivity contribution >= 4 is 5.91 Å². The Morgan fingerprint density at radius 3 is 2.60 bits per heavy atom. The van der Waals surface area contributed by atoms with Crippen molar-refractivity contribution < 1.29 is 14.6 Å². The summed E-state index contributed by atoms with van der Waals surface area (Å²) in [5.41, 5.74) is 8.23. The number of hydrogen-bond donors (Lipinski definition) is 4. The Hall–Kier alpha value is -3.65. The SMILES string of the molecule is Cc1cc(-c2cc(-c3ccc(OCC(=O)NCCCN)cc3)[nH]c(=O)n2)ccc1O. The summed E-state index contributed by atoms with van der Waals surface area (Å²) < 4.78 is 5.48. The van der Waals surface area contributed by atoms with Crippen molar-refractivity contribution in [3.63, 3.8) is 0 Å². The minimum atomic E-state index is -0.470. The van der Waals surface area contributed by atoms with Crippen LogP contribution < -0.4 is 21.5 Å². The Morgan fingerprint density at radius 2 is 1.90 bits per heavy atom. The van der Waals surface area contributed by atoms with E-state index in [4.69, 9.17) is 10.5 Å². The summed E-state index contributed by atoms with van der Waals surface area (Å²) >= 11 is 0. The molecule has 0 saturated heterocycles. The maximum absolute atomic E-state index is 12.1. The molecule has 1 amide bonds. The van der Waals surface area contributed by atoms with Gasteiger partial charge in [-0.2, -0.15) is 4.98 Å². The number of aromatic hydroxyl groups is 1. The number of nitrogens with zero attached hydrogens (tertiary/aromatic N) is 1. The summed E-state index contributed by atoms with van der Waals surface area (Å²) in [7, 11) is 0. The molecule has 5 N–H and O–H groups in total. The molecule has 8 nitrogen and oxygen atoms in total. The molecule has 0 fully saturated rings. The van der Waals surface area contributed by atoms with E-state index in [2.05, 4.69) is 15.3 Å². The van der Waals surface area contributed by atoms with Crippen LogP contribution in [0.15, 0.2) is 53.3 Å². The van der Waals surface area contributed by atoms with E-state index in [1.165, 1.54) is 0 Å². The van der Waals surface area contributed by atoms with Gasteiger partial charge < -0.3 is 25.9 Å². The van der Waals surface area contributed by atoms with E-state index < -0.39 is 5.69 Å². The van der Waals surface area contributed by atoms with Gasteiger partial charge in [-0.3, -0.25) is 4.79 Å². The molecule has 3 aromatic rings. The van der Waals surface area contributed by atoms with E-state index in [1.807, 2.05) is 0 Å². The third-order valence-electron chi connectivity index (χ3n) is 4.48. The molecule has 0 radical (unpaired) electrons. The number of hydrogen-bond acceptors (Lipinski definition) is 6. The lowest BCUT2D eigenvalue weighted by molar-refractivity contribution is -0.123. The Labute approximate surface area is 173 Å². The van der Waals surface area contributed by atoms with Crippen LogP contribution in [0.2, 0.25) is 0 Å². The number of aromatic amines is 1. The van der Waals surface area contributed by atoms with Gasteiger partial charge >= 0.3 is 5.69 Å². The van der Waals surface area contributed by atoms with Crippen LogP contribution in [-0.2, 0) is 4.79 Å². The van der Waals surface area contributed by atoms with Gasteiger partial charge in [-0.25, -0.2) is 4.79 Å². The van der Waals surface area contributed by atoms with Gasteiger partial charge in [-0.15, -0.1) is 0 Å². The number of carbonyl (C=O) groups is 1. The van der Waals surface area contributed by atoms with Crippen LogP contribution in [0.4, 0.5) is 0 Å². The van der Waals surface area contributed by atoms with Crippen LogP contribution in [-0.4, -0.2) is 40.7 Å². The van der Waals surface area contributed by atoms with Crippen molar-refractivity contribution in [3.8, 4) is 34.0 Å². The van der Waals surface area contributed by atoms with E-state index in [1.54, 1.807) is 55.5 Å². The summed E-state index contributed by atoms with van der Waals surface area (Å²) in [6.45, 7) is 2.74. The van der Waals surface area contributed by atoms with E-state index in [-0.39, 0.29) is 18.3 Å². The van der Waals surface area contributed by atoms with Crippen LogP contribution in [0.5, 0.6) is 11.5 Å². The molecular weight excluding hydrogens is 384 g/mol. The lowest BCUT2D eigenvalue weighted by Gasteiger charge is -2.09. The first-order chi connectivity index (χ1) is 14.5. The number of amides is 1. The van der Waals surface area contributed by atoms with Crippen LogP contribution in [0, 0.1) is 6.92 Å². The lowest BCUT2D eigenvalue weighted by Crippen LogP contribution is -2.30. The summed E-state index contributed by atoms with van der Waals surface area (Å²) in [6, 6.07) is 13.9. The van der Waals surface area contributed by atoms with Crippen molar-refractivity contribution in [2.75, 3.05) is 19.7 Å². The molecule has 156 valence electrons. The van der Waals surface area contributed by atoms with Gasteiger partial charge in [0.15, 0.2) is 6.61 Å². The minimum Gasteiger partial charge on any atom is -0.508 e. The fourth-order valence-corrected chi connectivity index (χ4v) is 2.84. The average Bonchev–Trinajstić information content (AvgIpc) is 2.74. The smallest absolute Gasteiger partial charge is 0.345 e. The highest BCUT2D eigenvalue weighted by molar-refractivity contribution is 5.77. The van der Waals surface area contributed by atoms with Gasteiger partial charge in [0, 0.05) is 12.1 Å². The van der Waals surface area contributed by atoms with Gasteiger partial charge in [0.05, 0.1) is 11.4 Å². The molecular formula is C22H24N4O4. The van der Waals surface area contributed by atoms with Crippen LogP contribution in [0.1, 0.15) is 12.0 Å². The van der Waals surface area contributed by atoms with Gasteiger partial charge in [0.1, 0.15) is 11.5 Å². The Bertz CT molecular complexity index is 1080. The van der Waals surface area contributed by atoms with Crippen molar-refractivity contribution in [2.24, 2.45) is 5.73 Å². The van der Waals surface area contributed by atoms with Gasteiger partial charge in [0.2, 0.25) is 0 Å². The van der Waals surface area contributed by atoms with E-state index in [9.17, 15) is 14.7 Å². The number of aromatic nitrogens is 2. The first-order valence-electron chi connectivity index (χ1n) is 9.57. The molecule has 0 unspecified atom stereocenters. The number of phenols is 1. The van der Waals surface area contributed by atoms with Crippen LogP contribution >= 0.6 is 0 Å². The first kappa shape index (κ1) is 21.1. The number of nitrogens with one attached hydrogen (secondary N) is 2. The number of carbonyl (C=O) groups excluding carboxylic acids is 1. The highest BCUT2D eigenvalue weighted by atomic mass is 16.5. The maximum Gasteiger partial charge on any atom is 0.345 e. The van der Waals surface area contributed by atoms with Gasteiger partial charge in [-0.05, 0) is 79.5 Å². The third kappa shape index (κ3) is 5.45. The maximum atomic E-state index is 12.1. The van der Waals surface area contributed by atoms with Crippen molar-refractivity contribution in [3.05, 3.63) is 64.6 Å². The highest BCUT2D eigenvalue weighted by Gasteiger charge is 2.08. The monoisotopic (exact) mass is 408 g/mol. The lowest BCUT2D eigenvalue weighted by atomic mass is 10.1. The zero-order chi connectivity index (χ0) is 21.5. The van der Waals surface area contributed by atoms with Crippen molar-refractivity contribution in [2.45, 2.75) is 13.3 Å². The fraction of sp³-hybridized carbons (Fsp3) is 0.227. The van der Waals surface area contributed by atoms with Gasteiger partial charge in [-0.1, -0.05) is 0 Å². The molecule has 8 heteroatoms. The average molecular weight is 408 g/mol. The van der Waals surface area contributed by atoms with E-state index in [0.29, 0.717) is 35.8 Å².